The second-order valence-electron chi connectivity index (χ2n) is 7.25. The van der Waals surface area contributed by atoms with E-state index in [1.165, 1.54) is 16.7 Å². The van der Waals surface area contributed by atoms with Gasteiger partial charge in [-0.2, -0.15) is 5.26 Å². The standard InChI is InChI=1S/C19H18FN3O6/c20-12-5-9(6-21)1-3-11(12)13-4-2-10-7-22(8-23(10)13)18-16(26)14(24)15(25)17(29-18)19(27)28/h1,3,5,7-8,13-18,24-26H,2,4H2/p+1/t13-,14+,15+,16-,17+,18-/m1/s1. The normalized spacial score (nSPS) is 31.3. The number of carbonyl (C=O) groups is 1. The van der Waals surface area contributed by atoms with Crippen LogP contribution in [-0.4, -0.2) is 55.4 Å². The summed E-state index contributed by atoms with van der Waals surface area (Å²) in [5.41, 5.74) is 1.44. The first-order valence-electron chi connectivity index (χ1n) is 9.05. The van der Waals surface area contributed by atoms with Crippen LogP contribution in [0, 0.1) is 17.1 Å². The molecule has 0 bridgehead atoms. The van der Waals surface area contributed by atoms with Crippen LogP contribution in [0.1, 0.15) is 35.5 Å². The number of halogens is 1. The van der Waals surface area contributed by atoms with Gasteiger partial charge < -0.3 is 25.2 Å². The minimum absolute atomic E-state index is 0.220. The predicted molar refractivity (Wildman–Crippen MR) is 91.8 cm³/mol. The van der Waals surface area contributed by atoms with E-state index in [0.29, 0.717) is 18.4 Å². The molecule has 0 unspecified atom stereocenters. The predicted octanol–water partition coefficient (Wildman–Crippen LogP) is -0.613. The van der Waals surface area contributed by atoms with Crippen LogP contribution in [0.15, 0.2) is 30.7 Å². The van der Waals surface area contributed by atoms with Gasteiger partial charge in [0, 0.05) is 18.4 Å². The number of aliphatic carboxylic acids is 1. The van der Waals surface area contributed by atoms with Gasteiger partial charge in [-0.25, -0.2) is 18.3 Å². The topological polar surface area (TPSA) is 140 Å². The van der Waals surface area contributed by atoms with Crippen LogP contribution in [-0.2, 0) is 16.0 Å². The van der Waals surface area contributed by atoms with E-state index < -0.39 is 42.4 Å². The van der Waals surface area contributed by atoms with E-state index in [0.717, 1.165) is 5.69 Å². The number of aliphatic hydroxyl groups excluding tert-OH is 3. The molecule has 0 spiro atoms. The van der Waals surface area contributed by atoms with Crippen molar-refractivity contribution in [3.05, 3.63) is 53.4 Å². The van der Waals surface area contributed by atoms with Crippen LogP contribution < -0.4 is 4.57 Å². The molecule has 0 saturated carbocycles. The quantitative estimate of drug-likeness (QED) is 0.500. The SMILES string of the molecule is N#Cc1ccc([C@H]2CCc3c[n+]([C@@H]4O[C@H](C(=O)O)[C@@H](O)[C@H](O)[C@H]4O)cn32)c(F)c1. The van der Waals surface area contributed by atoms with Crippen LogP contribution in [0.25, 0.3) is 0 Å². The smallest absolute Gasteiger partial charge is 0.335 e. The summed E-state index contributed by atoms with van der Waals surface area (Å²) in [6, 6.07) is 5.82. The summed E-state index contributed by atoms with van der Waals surface area (Å²) in [5.74, 6) is -1.96. The molecule has 3 heterocycles. The Labute approximate surface area is 164 Å². The fraction of sp³-hybridized carbons (Fsp3) is 0.421. The molecule has 1 saturated heterocycles. The van der Waals surface area contributed by atoms with Gasteiger partial charge in [0.15, 0.2) is 6.10 Å². The van der Waals surface area contributed by atoms with Crippen molar-refractivity contribution in [2.45, 2.75) is 49.5 Å². The number of fused-ring (bicyclic) bond motifs is 1. The molecule has 0 radical (unpaired) electrons. The van der Waals surface area contributed by atoms with Crippen LogP contribution in [0.2, 0.25) is 0 Å². The summed E-state index contributed by atoms with van der Waals surface area (Å²) >= 11 is 0. The number of benzene rings is 1. The van der Waals surface area contributed by atoms with Gasteiger partial charge in [0.05, 0.1) is 11.6 Å². The number of ether oxygens (including phenoxy) is 1. The number of aromatic nitrogens is 2. The zero-order valence-electron chi connectivity index (χ0n) is 15.1. The Morgan fingerprint density at radius 3 is 2.69 bits per heavy atom. The molecule has 1 aromatic heterocycles. The lowest BCUT2D eigenvalue weighted by Gasteiger charge is -2.36. The molecule has 29 heavy (non-hydrogen) atoms. The van der Waals surface area contributed by atoms with Gasteiger partial charge in [-0.1, -0.05) is 6.07 Å². The van der Waals surface area contributed by atoms with Crippen molar-refractivity contribution < 1.29 is 38.9 Å². The zero-order valence-corrected chi connectivity index (χ0v) is 15.1. The average Bonchev–Trinajstić information content (AvgIpc) is 3.27. The number of carboxylic acids is 1. The molecule has 6 atom stereocenters. The van der Waals surface area contributed by atoms with Gasteiger partial charge in [0.25, 0.3) is 0 Å². The number of hydrogen-bond donors (Lipinski definition) is 4. The molecule has 1 fully saturated rings. The van der Waals surface area contributed by atoms with E-state index in [1.807, 2.05) is 6.07 Å². The monoisotopic (exact) mass is 404 g/mol. The van der Waals surface area contributed by atoms with E-state index in [2.05, 4.69) is 0 Å². The second kappa shape index (κ2) is 7.20. The van der Waals surface area contributed by atoms with Crippen molar-refractivity contribution in [3.63, 3.8) is 0 Å². The van der Waals surface area contributed by atoms with Gasteiger partial charge in [0.2, 0.25) is 12.6 Å². The summed E-state index contributed by atoms with van der Waals surface area (Å²) in [7, 11) is 0. The summed E-state index contributed by atoms with van der Waals surface area (Å²) in [4.78, 5) is 11.3. The number of aliphatic hydroxyl groups is 3. The number of rotatable bonds is 3. The van der Waals surface area contributed by atoms with E-state index in [4.69, 9.17) is 10.00 Å². The highest BCUT2D eigenvalue weighted by Crippen LogP contribution is 2.34. The molecule has 0 aliphatic carbocycles. The summed E-state index contributed by atoms with van der Waals surface area (Å²) < 4.78 is 23.0. The first kappa shape index (κ1) is 19.5. The Bertz CT molecular complexity index is 1000. The fourth-order valence-electron chi connectivity index (χ4n) is 4.01. The van der Waals surface area contributed by atoms with E-state index in [1.54, 1.807) is 23.2 Å². The third-order valence-corrected chi connectivity index (χ3v) is 5.51. The minimum Gasteiger partial charge on any atom is -0.479 e. The highest BCUT2D eigenvalue weighted by molar-refractivity contribution is 5.73. The highest BCUT2D eigenvalue weighted by Gasteiger charge is 2.50. The Morgan fingerprint density at radius 2 is 2.03 bits per heavy atom. The third kappa shape index (κ3) is 3.18. The maximum Gasteiger partial charge on any atom is 0.335 e. The lowest BCUT2D eigenvalue weighted by molar-refractivity contribution is -0.777. The van der Waals surface area contributed by atoms with Gasteiger partial charge >= 0.3 is 5.97 Å². The lowest BCUT2D eigenvalue weighted by Crippen LogP contribution is -2.63. The molecule has 9 nitrogen and oxygen atoms in total. The van der Waals surface area contributed by atoms with E-state index >= 15 is 0 Å². The van der Waals surface area contributed by atoms with Gasteiger partial charge in [-0.3, -0.25) is 0 Å². The van der Waals surface area contributed by atoms with Crippen molar-refractivity contribution >= 4 is 5.97 Å². The molecule has 2 aromatic rings. The molecule has 2 aliphatic rings. The first-order chi connectivity index (χ1) is 13.8. The fourth-order valence-corrected chi connectivity index (χ4v) is 4.01. The highest BCUT2D eigenvalue weighted by atomic mass is 19.1. The number of nitriles is 1. The Morgan fingerprint density at radius 1 is 1.28 bits per heavy atom. The number of aryl methyl sites for hydroxylation is 1. The molecule has 1 aromatic carbocycles. The number of imidazole rings is 1. The summed E-state index contributed by atoms with van der Waals surface area (Å²) in [5, 5.41) is 48.2. The van der Waals surface area contributed by atoms with Crippen molar-refractivity contribution in [1.82, 2.24) is 4.57 Å². The molecule has 4 N–H and O–H groups in total. The van der Waals surface area contributed by atoms with Crippen LogP contribution in [0.4, 0.5) is 4.39 Å². The molecular weight excluding hydrogens is 385 g/mol. The summed E-state index contributed by atoms with van der Waals surface area (Å²) in [6.45, 7) is 0. The van der Waals surface area contributed by atoms with E-state index in [9.17, 15) is 29.6 Å². The second-order valence-corrected chi connectivity index (χ2v) is 7.25. The molecule has 10 heteroatoms. The summed E-state index contributed by atoms with van der Waals surface area (Å²) in [6.07, 6.45) is -3.54. The lowest BCUT2D eigenvalue weighted by atomic mass is 9.98. The van der Waals surface area contributed by atoms with E-state index in [-0.39, 0.29) is 11.6 Å². The van der Waals surface area contributed by atoms with Crippen molar-refractivity contribution in [1.29, 1.82) is 5.26 Å². The maximum absolute atomic E-state index is 14.5. The average molecular weight is 404 g/mol. The largest absolute Gasteiger partial charge is 0.479 e. The third-order valence-electron chi connectivity index (χ3n) is 5.51. The van der Waals surface area contributed by atoms with Gasteiger partial charge in [-0.05, 0) is 12.1 Å². The molecule has 4 rings (SSSR count). The van der Waals surface area contributed by atoms with Gasteiger partial charge in [0.1, 0.15) is 42.1 Å². The van der Waals surface area contributed by atoms with Crippen molar-refractivity contribution in [3.8, 4) is 6.07 Å². The Kier molecular flexibility index (Phi) is 4.84. The molecule has 2 aliphatic heterocycles. The van der Waals surface area contributed by atoms with Crippen molar-refractivity contribution in [2.75, 3.05) is 0 Å². The minimum atomic E-state index is -1.77. The number of carboxylic acid groups (broad SMARTS) is 1. The van der Waals surface area contributed by atoms with Crippen LogP contribution >= 0.6 is 0 Å². The molecular formula is C19H19FN3O6+. The Balaban J connectivity index is 1.66. The van der Waals surface area contributed by atoms with Gasteiger partial charge in [-0.15, -0.1) is 0 Å². The van der Waals surface area contributed by atoms with Crippen LogP contribution in [0.5, 0.6) is 0 Å². The first-order valence-corrected chi connectivity index (χ1v) is 9.05. The maximum atomic E-state index is 14.5. The van der Waals surface area contributed by atoms with Crippen molar-refractivity contribution in [2.24, 2.45) is 0 Å². The molecule has 0 amide bonds. The molecule has 152 valence electrons. The van der Waals surface area contributed by atoms with Crippen LogP contribution in [0.3, 0.4) is 0 Å². The number of nitrogens with zero attached hydrogens (tertiary/aromatic N) is 3. The Hall–Kier alpha value is -2.84. The number of hydrogen-bond acceptors (Lipinski definition) is 6. The zero-order chi connectivity index (χ0) is 20.9.